The molecule has 7 nitrogen and oxygen atoms in total. The molecule has 1 fully saturated rings. The number of piperidine rings is 1. The van der Waals surface area contributed by atoms with Crippen molar-refractivity contribution in [3.8, 4) is 0 Å². The van der Waals surface area contributed by atoms with Crippen LogP contribution in [-0.2, 0) is 6.54 Å². The first kappa shape index (κ1) is 15.0. The van der Waals surface area contributed by atoms with E-state index in [0.29, 0.717) is 17.7 Å². The molecule has 0 aromatic carbocycles. The summed E-state index contributed by atoms with van der Waals surface area (Å²) in [6.45, 7) is 8.20. The normalized spacial score (nSPS) is 16.7. The number of nitrogens with one attached hydrogen (secondary N) is 1. The molecule has 2 aromatic heterocycles. The summed E-state index contributed by atoms with van der Waals surface area (Å²) in [6, 6.07) is -0.0698. The molecule has 1 N–H and O–H groups in total. The topological polar surface area (TPSA) is 73.8 Å². The Labute approximate surface area is 128 Å². The highest BCUT2D eigenvalue weighted by molar-refractivity contribution is 5.70. The Kier molecular flexibility index (Phi) is 3.90. The van der Waals surface area contributed by atoms with Crippen LogP contribution in [0.25, 0.3) is 11.2 Å². The van der Waals surface area contributed by atoms with Gasteiger partial charge in [-0.15, -0.1) is 0 Å². The first-order chi connectivity index (χ1) is 10.6. The molecule has 7 heteroatoms. The molecule has 1 saturated heterocycles. The summed E-state index contributed by atoms with van der Waals surface area (Å²) in [7, 11) is 0. The Balaban J connectivity index is 2.36. The first-order valence-electron chi connectivity index (χ1n) is 7.98. The minimum atomic E-state index is -0.235. The summed E-state index contributed by atoms with van der Waals surface area (Å²) < 4.78 is 4.93. The molecule has 0 saturated carbocycles. The Morgan fingerprint density at radius 2 is 2.00 bits per heavy atom. The third kappa shape index (κ3) is 2.20. The van der Waals surface area contributed by atoms with Crippen LogP contribution in [0, 0.1) is 0 Å². The van der Waals surface area contributed by atoms with Gasteiger partial charge in [-0.05, 0) is 46.7 Å². The molecular formula is C15H23N5O2. The quantitative estimate of drug-likeness (QED) is 0.914. The summed E-state index contributed by atoms with van der Waals surface area (Å²) in [5.74, 6) is 0. The molecule has 1 aliphatic rings. The summed E-state index contributed by atoms with van der Waals surface area (Å²) in [4.78, 5) is 30.1. The lowest BCUT2D eigenvalue weighted by Gasteiger charge is -2.25. The largest absolute Gasteiger partial charge is 0.333 e. The molecule has 0 aliphatic carbocycles. The monoisotopic (exact) mass is 305 g/mol. The van der Waals surface area contributed by atoms with E-state index in [1.807, 2.05) is 25.3 Å². The fourth-order valence-corrected chi connectivity index (χ4v) is 3.27. The molecular weight excluding hydrogens is 282 g/mol. The zero-order chi connectivity index (χ0) is 15.9. The second-order valence-electron chi connectivity index (χ2n) is 6.11. The van der Waals surface area contributed by atoms with E-state index >= 15 is 0 Å². The van der Waals surface area contributed by atoms with E-state index < -0.39 is 0 Å². The number of imidazole rings is 1. The third-order valence-corrected chi connectivity index (χ3v) is 4.41. The fraction of sp³-hybridized carbons (Fsp3) is 0.667. The maximum absolute atomic E-state index is 12.9. The number of rotatable bonds is 3. The highest BCUT2D eigenvalue weighted by Gasteiger charge is 2.24. The number of hydrogen-bond acceptors (Lipinski definition) is 4. The molecule has 0 unspecified atom stereocenters. The maximum Gasteiger partial charge on any atom is 0.333 e. The summed E-state index contributed by atoms with van der Waals surface area (Å²) in [5.41, 5.74) is 0.593. The van der Waals surface area contributed by atoms with Gasteiger partial charge in [0.05, 0.1) is 6.33 Å². The number of hydrogen-bond donors (Lipinski definition) is 1. The summed E-state index contributed by atoms with van der Waals surface area (Å²) >= 11 is 0. The molecule has 0 atom stereocenters. The van der Waals surface area contributed by atoms with Gasteiger partial charge in [0, 0.05) is 18.6 Å². The van der Waals surface area contributed by atoms with E-state index in [-0.39, 0.29) is 23.3 Å². The van der Waals surface area contributed by atoms with Gasteiger partial charge in [0.25, 0.3) is 5.56 Å². The standard InChI is InChI=1S/C15H23N5O2/c1-4-18-9-17-13-12(18)14(21)20(11-5-7-16-8-6-11)15(22)19(13)10(2)3/h9-11,16H,4-8H2,1-3H3. The number of aryl methyl sites for hydroxylation is 1. The third-order valence-electron chi connectivity index (χ3n) is 4.41. The van der Waals surface area contributed by atoms with E-state index in [9.17, 15) is 9.59 Å². The van der Waals surface area contributed by atoms with Gasteiger partial charge < -0.3 is 9.88 Å². The first-order valence-corrected chi connectivity index (χ1v) is 7.98. The van der Waals surface area contributed by atoms with Gasteiger partial charge in [0.15, 0.2) is 11.2 Å². The van der Waals surface area contributed by atoms with Gasteiger partial charge in [0.2, 0.25) is 0 Å². The van der Waals surface area contributed by atoms with Crippen molar-refractivity contribution in [3.63, 3.8) is 0 Å². The van der Waals surface area contributed by atoms with Gasteiger partial charge in [-0.2, -0.15) is 0 Å². The molecule has 22 heavy (non-hydrogen) atoms. The van der Waals surface area contributed by atoms with Crippen molar-refractivity contribution in [1.29, 1.82) is 0 Å². The second kappa shape index (κ2) is 5.72. The lowest BCUT2D eigenvalue weighted by Crippen LogP contribution is -2.45. The van der Waals surface area contributed by atoms with Gasteiger partial charge in [-0.1, -0.05) is 0 Å². The van der Waals surface area contributed by atoms with E-state index in [1.54, 1.807) is 10.9 Å². The van der Waals surface area contributed by atoms with Crippen molar-refractivity contribution in [1.82, 2.24) is 24.0 Å². The fourth-order valence-electron chi connectivity index (χ4n) is 3.27. The van der Waals surface area contributed by atoms with Gasteiger partial charge in [-0.25, -0.2) is 9.78 Å². The van der Waals surface area contributed by atoms with Crippen molar-refractivity contribution >= 4 is 11.2 Å². The minimum Gasteiger partial charge on any atom is -0.325 e. The van der Waals surface area contributed by atoms with Crippen LogP contribution in [0.5, 0.6) is 0 Å². The van der Waals surface area contributed by atoms with E-state index in [2.05, 4.69) is 10.3 Å². The van der Waals surface area contributed by atoms with E-state index in [0.717, 1.165) is 25.9 Å². The highest BCUT2D eigenvalue weighted by Crippen LogP contribution is 2.17. The van der Waals surface area contributed by atoms with Crippen molar-refractivity contribution in [2.24, 2.45) is 0 Å². The average molecular weight is 305 g/mol. The van der Waals surface area contributed by atoms with Crippen LogP contribution in [-0.4, -0.2) is 31.8 Å². The van der Waals surface area contributed by atoms with Crippen LogP contribution >= 0.6 is 0 Å². The zero-order valence-electron chi connectivity index (χ0n) is 13.4. The predicted octanol–water partition coefficient (Wildman–Crippen LogP) is 0.885. The Bertz CT molecular complexity index is 793. The lowest BCUT2D eigenvalue weighted by molar-refractivity contribution is 0.341. The van der Waals surface area contributed by atoms with Crippen molar-refractivity contribution in [2.45, 2.75) is 52.2 Å². The van der Waals surface area contributed by atoms with Crippen molar-refractivity contribution < 1.29 is 0 Å². The molecule has 1 aliphatic heterocycles. The van der Waals surface area contributed by atoms with Gasteiger partial charge in [0.1, 0.15) is 0 Å². The lowest BCUT2D eigenvalue weighted by atomic mass is 10.1. The van der Waals surface area contributed by atoms with Crippen LogP contribution in [0.3, 0.4) is 0 Å². The van der Waals surface area contributed by atoms with Crippen molar-refractivity contribution in [3.05, 3.63) is 27.2 Å². The SMILES string of the molecule is CCn1cnc2c1c(=O)n(C1CCNCC1)c(=O)n2C(C)C. The summed E-state index contributed by atoms with van der Waals surface area (Å²) in [6.07, 6.45) is 3.26. The van der Waals surface area contributed by atoms with E-state index in [4.69, 9.17) is 0 Å². The Morgan fingerprint density at radius 1 is 1.32 bits per heavy atom. The molecule has 3 heterocycles. The van der Waals surface area contributed by atoms with Crippen LogP contribution in [0.15, 0.2) is 15.9 Å². The number of fused-ring (bicyclic) bond motifs is 1. The van der Waals surface area contributed by atoms with Crippen LogP contribution < -0.4 is 16.6 Å². The zero-order valence-corrected chi connectivity index (χ0v) is 13.4. The Morgan fingerprint density at radius 3 is 2.59 bits per heavy atom. The van der Waals surface area contributed by atoms with Crippen LogP contribution in [0.4, 0.5) is 0 Å². The average Bonchev–Trinajstić information content (AvgIpc) is 2.92. The van der Waals surface area contributed by atoms with Gasteiger partial charge in [-0.3, -0.25) is 13.9 Å². The second-order valence-corrected chi connectivity index (χ2v) is 6.11. The number of aromatic nitrogens is 4. The number of nitrogens with zero attached hydrogens (tertiary/aromatic N) is 4. The molecule has 3 rings (SSSR count). The molecule has 0 radical (unpaired) electrons. The predicted molar refractivity (Wildman–Crippen MR) is 85.5 cm³/mol. The highest BCUT2D eigenvalue weighted by atomic mass is 16.2. The minimum absolute atomic E-state index is 0.0316. The molecule has 0 amide bonds. The molecule has 120 valence electrons. The Hall–Kier alpha value is -1.89. The maximum atomic E-state index is 12.9. The smallest absolute Gasteiger partial charge is 0.325 e. The molecule has 0 bridgehead atoms. The molecule has 2 aromatic rings. The van der Waals surface area contributed by atoms with Gasteiger partial charge >= 0.3 is 5.69 Å². The van der Waals surface area contributed by atoms with E-state index in [1.165, 1.54) is 4.57 Å². The van der Waals surface area contributed by atoms with Crippen LogP contribution in [0.2, 0.25) is 0 Å². The van der Waals surface area contributed by atoms with Crippen LogP contribution in [0.1, 0.15) is 45.7 Å². The summed E-state index contributed by atoms with van der Waals surface area (Å²) in [5, 5.41) is 3.27. The van der Waals surface area contributed by atoms with Crippen molar-refractivity contribution in [2.75, 3.05) is 13.1 Å². The molecule has 0 spiro atoms.